The van der Waals surface area contributed by atoms with Gasteiger partial charge in [0.25, 0.3) is 10.0 Å². The number of benzene rings is 2. The number of anilines is 2. The number of ether oxygens (including phenoxy) is 1. The second-order valence-electron chi connectivity index (χ2n) is 5.84. The number of methoxy groups -OCH3 is 1. The monoisotopic (exact) mass is 420 g/mol. The Labute approximate surface area is 166 Å². The Morgan fingerprint density at radius 3 is 2.64 bits per heavy atom. The second-order valence-corrected chi connectivity index (χ2v) is 7.90. The summed E-state index contributed by atoms with van der Waals surface area (Å²) in [5, 5.41) is 9.20. The van der Waals surface area contributed by atoms with Gasteiger partial charge in [0.05, 0.1) is 24.0 Å². The minimum Gasteiger partial charge on any atom is -0.495 e. The molecular formula is C18H17ClN4O4S. The van der Waals surface area contributed by atoms with Crippen LogP contribution in [0.15, 0.2) is 53.7 Å². The molecule has 0 saturated heterocycles. The Morgan fingerprint density at radius 2 is 2.00 bits per heavy atom. The Kier molecular flexibility index (Phi) is 5.57. The van der Waals surface area contributed by atoms with E-state index in [1.165, 1.54) is 26.2 Å². The maximum atomic E-state index is 12.9. The lowest BCUT2D eigenvalue weighted by atomic mass is 10.1. The maximum Gasteiger partial charge on any atom is 0.265 e. The summed E-state index contributed by atoms with van der Waals surface area (Å²) in [4.78, 5) is 11.1. The number of nitrogens with one attached hydrogen (secondary N) is 3. The maximum absolute atomic E-state index is 12.9. The van der Waals surface area contributed by atoms with Crippen LogP contribution in [-0.2, 0) is 14.8 Å². The van der Waals surface area contributed by atoms with E-state index in [2.05, 4.69) is 20.2 Å². The lowest BCUT2D eigenvalue weighted by Gasteiger charge is -2.15. The van der Waals surface area contributed by atoms with Gasteiger partial charge in [-0.3, -0.25) is 14.6 Å². The number of carbonyl (C=O) groups excluding carboxylic acids is 1. The number of rotatable bonds is 6. The molecule has 1 amide bonds. The van der Waals surface area contributed by atoms with Gasteiger partial charge in [-0.1, -0.05) is 23.7 Å². The quantitative estimate of drug-likeness (QED) is 0.564. The molecule has 0 bridgehead atoms. The van der Waals surface area contributed by atoms with E-state index in [0.29, 0.717) is 5.69 Å². The van der Waals surface area contributed by atoms with Crippen LogP contribution in [0.3, 0.4) is 0 Å². The van der Waals surface area contributed by atoms with Crippen molar-refractivity contribution < 1.29 is 17.9 Å². The molecule has 3 aromatic rings. The molecule has 0 saturated carbocycles. The summed E-state index contributed by atoms with van der Waals surface area (Å²) >= 11 is 6.13. The van der Waals surface area contributed by atoms with Gasteiger partial charge in [-0.15, -0.1) is 0 Å². The van der Waals surface area contributed by atoms with Crippen molar-refractivity contribution in [2.45, 2.75) is 11.8 Å². The predicted octanol–water partition coefficient (Wildman–Crippen LogP) is 3.50. The molecule has 10 heteroatoms. The van der Waals surface area contributed by atoms with Crippen molar-refractivity contribution in [3.05, 3.63) is 53.8 Å². The Morgan fingerprint density at radius 1 is 1.21 bits per heavy atom. The molecule has 0 radical (unpaired) electrons. The molecule has 0 spiro atoms. The molecule has 0 atom stereocenters. The fraction of sp³-hybridized carbons (Fsp3) is 0.111. The third kappa shape index (κ3) is 4.26. The first-order valence-electron chi connectivity index (χ1n) is 8.07. The summed E-state index contributed by atoms with van der Waals surface area (Å²) in [7, 11) is -2.67. The molecule has 1 heterocycles. The van der Waals surface area contributed by atoms with Crippen molar-refractivity contribution in [2.75, 3.05) is 17.1 Å². The van der Waals surface area contributed by atoms with Crippen LogP contribution >= 0.6 is 11.6 Å². The fourth-order valence-electron chi connectivity index (χ4n) is 2.57. The number of H-pyrrole nitrogens is 1. The summed E-state index contributed by atoms with van der Waals surface area (Å²) in [6.45, 7) is 1.32. The zero-order chi connectivity index (χ0) is 20.3. The van der Waals surface area contributed by atoms with Crippen LogP contribution in [0.4, 0.5) is 11.4 Å². The summed E-state index contributed by atoms with van der Waals surface area (Å²) in [5.41, 5.74) is 2.23. The van der Waals surface area contributed by atoms with Crippen molar-refractivity contribution >= 4 is 38.9 Å². The zero-order valence-corrected chi connectivity index (χ0v) is 16.6. The fourth-order valence-corrected chi connectivity index (χ4v) is 4.07. The second kappa shape index (κ2) is 7.91. The molecule has 28 heavy (non-hydrogen) atoms. The topological polar surface area (TPSA) is 113 Å². The third-order valence-electron chi connectivity index (χ3n) is 3.80. The van der Waals surface area contributed by atoms with Crippen molar-refractivity contribution in [3.63, 3.8) is 0 Å². The van der Waals surface area contributed by atoms with Gasteiger partial charge in [0, 0.05) is 30.4 Å². The molecular weight excluding hydrogens is 404 g/mol. The first-order valence-corrected chi connectivity index (χ1v) is 9.93. The minimum absolute atomic E-state index is 0.0478. The first-order chi connectivity index (χ1) is 13.3. The van der Waals surface area contributed by atoms with E-state index in [-0.39, 0.29) is 27.3 Å². The number of hydrogen-bond donors (Lipinski definition) is 3. The molecule has 0 unspecified atom stereocenters. The standard InChI is InChI=1S/C18H17ClN4O4S/c1-11(24)22-16-8-17(27-2)18(7-15(16)19)28(25,26)23-14-5-3-4-12(6-14)13-9-20-21-10-13/h3-10,23H,1-2H3,(H,20,21)(H,22,24). The van der Waals surface area contributed by atoms with Gasteiger partial charge < -0.3 is 10.1 Å². The van der Waals surface area contributed by atoms with Crippen LogP contribution in [-0.4, -0.2) is 31.6 Å². The number of aromatic amines is 1. The van der Waals surface area contributed by atoms with Crippen LogP contribution in [0.25, 0.3) is 11.1 Å². The molecule has 0 aliphatic carbocycles. The van der Waals surface area contributed by atoms with Crippen LogP contribution in [0.2, 0.25) is 5.02 Å². The largest absolute Gasteiger partial charge is 0.495 e. The molecule has 8 nitrogen and oxygen atoms in total. The highest BCUT2D eigenvalue weighted by molar-refractivity contribution is 7.92. The number of amides is 1. The molecule has 3 rings (SSSR count). The van der Waals surface area contributed by atoms with Crippen LogP contribution in [0.1, 0.15) is 6.92 Å². The summed E-state index contributed by atoms with van der Waals surface area (Å²) in [5.74, 6) is -0.291. The highest BCUT2D eigenvalue weighted by Crippen LogP contribution is 2.35. The van der Waals surface area contributed by atoms with Crippen LogP contribution in [0, 0.1) is 0 Å². The molecule has 1 aromatic heterocycles. The Hall–Kier alpha value is -3.04. The average Bonchev–Trinajstić information content (AvgIpc) is 3.17. The molecule has 0 fully saturated rings. The summed E-state index contributed by atoms with van der Waals surface area (Å²) < 4.78 is 33.5. The first kappa shape index (κ1) is 19.7. The van der Waals surface area contributed by atoms with Gasteiger partial charge in [-0.05, 0) is 23.8 Å². The number of nitrogens with zero attached hydrogens (tertiary/aromatic N) is 1. The number of hydrogen-bond acceptors (Lipinski definition) is 5. The van der Waals surface area contributed by atoms with E-state index in [9.17, 15) is 13.2 Å². The summed E-state index contributed by atoms with van der Waals surface area (Å²) in [6.07, 6.45) is 3.34. The molecule has 0 aliphatic heterocycles. The van der Waals surface area contributed by atoms with Crippen molar-refractivity contribution in [3.8, 4) is 16.9 Å². The van der Waals surface area contributed by atoms with Gasteiger partial charge in [0.2, 0.25) is 5.91 Å². The minimum atomic E-state index is -4.00. The van der Waals surface area contributed by atoms with E-state index in [1.807, 2.05) is 6.07 Å². The van der Waals surface area contributed by atoms with Crippen LogP contribution in [0.5, 0.6) is 5.75 Å². The van der Waals surface area contributed by atoms with Gasteiger partial charge in [0.15, 0.2) is 0 Å². The zero-order valence-electron chi connectivity index (χ0n) is 15.0. The lowest BCUT2D eigenvalue weighted by molar-refractivity contribution is -0.114. The molecule has 146 valence electrons. The normalized spacial score (nSPS) is 11.1. The summed E-state index contributed by atoms with van der Waals surface area (Å²) in [6, 6.07) is 9.46. The molecule has 0 aliphatic rings. The van der Waals surface area contributed by atoms with Crippen molar-refractivity contribution in [1.82, 2.24) is 10.2 Å². The SMILES string of the molecule is COc1cc(NC(C)=O)c(Cl)cc1S(=O)(=O)Nc1cccc(-c2cn[nH]c2)c1. The van der Waals surface area contributed by atoms with Crippen molar-refractivity contribution in [2.24, 2.45) is 0 Å². The highest BCUT2D eigenvalue weighted by Gasteiger charge is 2.22. The molecule has 3 N–H and O–H groups in total. The van der Waals surface area contributed by atoms with E-state index in [1.54, 1.807) is 30.6 Å². The van der Waals surface area contributed by atoms with E-state index in [0.717, 1.165) is 11.1 Å². The smallest absolute Gasteiger partial charge is 0.265 e. The number of halogens is 1. The predicted molar refractivity (Wildman–Crippen MR) is 107 cm³/mol. The van der Waals surface area contributed by atoms with Gasteiger partial charge in [-0.25, -0.2) is 8.42 Å². The average molecular weight is 421 g/mol. The molecule has 2 aromatic carbocycles. The van der Waals surface area contributed by atoms with Gasteiger partial charge >= 0.3 is 0 Å². The van der Waals surface area contributed by atoms with Crippen LogP contribution < -0.4 is 14.8 Å². The van der Waals surface area contributed by atoms with Gasteiger partial charge in [0.1, 0.15) is 10.6 Å². The third-order valence-corrected chi connectivity index (χ3v) is 5.52. The highest BCUT2D eigenvalue weighted by atomic mass is 35.5. The Balaban J connectivity index is 1.96. The number of sulfonamides is 1. The van der Waals surface area contributed by atoms with Gasteiger partial charge in [-0.2, -0.15) is 5.10 Å². The van der Waals surface area contributed by atoms with E-state index in [4.69, 9.17) is 16.3 Å². The van der Waals surface area contributed by atoms with Crippen molar-refractivity contribution in [1.29, 1.82) is 0 Å². The number of carbonyl (C=O) groups is 1. The van der Waals surface area contributed by atoms with E-state index >= 15 is 0 Å². The Bertz CT molecular complexity index is 1110. The van der Waals surface area contributed by atoms with E-state index < -0.39 is 10.0 Å². The lowest BCUT2D eigenvalue weighted by Crippen LogP contribution is -2.15. The number of aromatic nitrogens is 2.